The first-order valence-electron chi connectivity index (χ1n) is 7.90. The maximum atomic E-state index is 13.1. The molecule has 25 heavy (non-hydrogen) atoms. The second-order valence-corrected chi connectivity index (χ2v) is 6.61. The van der Waals surface area contributed by atoms with Crippen molar-refractivity contribution in [2.75, 3.05) is 19.8 Å². The molecule has 128 valence electrons. The average Bonchev–Trinajstić information content (AvgIpc) is 3.33. The molecular weight excluding hydrogens is 340 g/mol. The molecule has 2 aromatic heterocycles. The third-order valence-corrected chi connectivity index (χ3v) is 5.05. The van der Waals surface area contributed by atoms with E-state index in [-0.39, 0.29) is 11.9 Å². The van der Waals surface area contributed by atoms with Crippen molar-refractivity contribution in [1.29, 1.82) is 0 Å². The summed E-state index contributed by atoms with van der Waals surface area (Å²) in [6.45, 7) is 3.29. The van der Waals surface area contributed by atoms with Gasteiger partial charge >= 0.3 is 0 Å². The molecule has 0 aliphatic carbocycles. The first-order chi connectivity index (χ1) is 12.2. The molecular formula is C17H16N4O3S. The molecule has 3 aromatic rings. The third-order valence-electron chi connectivity index (χ3n) is 4.04. The van der Waals surface area contributed by atoms with E-state index in [9.17, 15) is 4.79 Å². The van der Waals surface area contributed by atoms with E-state index in [1.54, 1.807) is 16.2 Å². The highest BCUT2D eigenvalue weighted by atomic mass is 32.1. The lowest BCUT2D eigenvalue weighted by atomic mass is 10.1. The maximum Gasteiger partial charge on any atom is 0.254 e. The number of benzene rings is 1. The zero-order valence-corrected chi connectivity index (χ0v) is 14.4. The molecule has 1 aromatic carbocycles. The topological polar surface area (TPSA) is 81.4 Å². The van der Waals surface area contributed by atoms with Gasteiger partial charge in [-0.05, 0) is 19.1 Å². The molecule has 1 unspecified atom stereocenters. The Kier molecular flexibility index (Phi) is 4.29. The molecule has 1 atom stereocenters. The lowest BCUT2D eigenvalue weighted by molar-refractivity contribution is -0.00576. The number of aryl methyl sites for hydroxylation is 1. The normalized spacial score (nSPS) is 17.6. The molecule has 0 saturated carbocycles. The molecule has 4 rings (SSSR count). The summed E-state index contributed by atoms with van der Waals surface area (Å²) in [6.07, 6.45) is 1.26. The van der Waals surface area contributed by atoms with E-state index >= 15 is 0 Å². The fourth-order valence-electron chi connectivity index (χ4n) is 2.82. The van der Waals surface area contributed by atoms with Gasteiger partial charge in [0.25, 0.3) is 5.91 Å². The Morgan fingerprint density at radius 3 is 3.08 bits per heavy atom. The van der Waals surface area contributed by atoms with Gasteiger partial charge in [-0.25, -0.2) is 4.98 Å². The van der Waals surface area contributed by atoms with E-state index in [0.717, 1.165) is 16.3 Å². The van der Waals surface area contributed by atoms with Crippen LogP contribution in [0.25, 0.3) is 10.6 Å². The summed E-state index contributed by atoms with van der Waals surface area (Å²) >= 11 is 1.57. The minimum Gasteiger partial charge on any atom is -0.377 e. The van der Waals surface area contributed by atoms with Crippen molar-refractivity contribution in [3.8, 4) is 10.6 Å². The van der Waals surface area contributed by atoms with E-state index in [0.29, 0.717) is 31.1 Å². The summed E-state index contributed by atoms with van der Waals surface area (Å²) in [7, 11) is 0. The summed E-state index contributed by atoms with van der Waals surface area (Å²) in [4.78, 5) is 23.4. The highest BCUT2D eigenvalue weighted by Crippen LogP contribution is 2.27. The Morgan fingerprint density at radius 2 is 2.32 bits per heavy atom. The number of carbonyl (C=O) groups is 1. The van der Waals surface area contributed by atoms with Crippen LogP contribution in [0.3, 0.4) is 0 Å². The van der Waals surface area contributed by atoms with Crippen LogP contribution >= 0.6 is 11.3 Å². The quantitative estimate of drug-likeness (QED) is 0.718. The second kappa shape index (κ2) is 6.73. The Hall–Kier alpha value is -2.58. The smallest absolute Gasteiger partial charge is 0.254 e. The van der Waals surface area contributed by atoms with Gasteiger partial charge in [-0.2, -0.15) is 4.98 Å². The van der Waals surface area contributed by atoms with Crippen molar-refractivity contribution in [1.82, 2.24) is 20.0 Å². The predicted molar refractivity (Wildman–Crippen MR) is 91.2 cm³/mol. The van der Waals surface area contributed by atoms with Crippen molar-refractivity contribution >= 4 is 17.2 Å². The van der Waals surface area contributed by atoms with Gasteiger partial charge in [-0.1, -0.05) is 17.3 Å². The largest absolute Gasteiger partial charge is 0.377 e. The first-order valence-corrected chi connectivity index (χ1v) is 8.78. The van der Waals surface area contributed by atoms with Gasteiger partial charge < -0.3 is 14.2 Å². The van der Waals surface area contributed by atoms with E-state index in [2.05, 4.69) is 15.1 Å². The van der Waals surface area contributed by atoms with Crippen molar-refractivity contribution in [2.45, 2.75) is 13.0 Å². The molecule has 8 heteroatoms. The monoisotopic (exact) mass is 356 g/mol. The average molecular weight is 356 g/mol. The fourth-order valence-corrected chi connectivity index (χ4v) is 3.62. The Balaban J connectivity index is 1.63. The number of carbonyl (C=O) groups excluding carboxylic acids is 1. The van der Waals surface area contributed by atoms with Crippen LogP contribution in [-0.4, -0.2) is 45.7 Å². The molecule has 1 aliphatic heterocycles. The van der Waals surface area contributed by atoms with Gasteiger partial charge in [0.2, 0.25) is 6.39 Å². The van der Waals surface area contributed by atoms with Crippen molar-refractivity contribution in [3.05, 3.63) is 53.1 Å². The van der Waals surface area contributed by atoms with Crippen molar-refractivity contribution in [2.24, 2.45) is 0 Å². The third kappa shape index (κ3) is 3.18. The van der Waals surface area contributed by atoms with E-state index in [4.69, 9.17) is 9.26 Å². The minimum atomic E-state index is -0.342. The number of hydrogen-bond donors (Lipinski definition) is 0. The standard InChI is InChI=1S/C17H16N4O3S/c1-11-9-25-16(19-11)12-3-2-4-13(7-12)17(22)21-5-6-23-8-14(21)15-18-10-24-20-15/h2-4,7,9-10,14H,5-6,8H2,1H3. The lowest BCUT2D eigenvalue weighted by Crippen LogP contribution is -2.43. The highest BCUT2D eigenvalue weighted by Gasteiger charge is 2.32. The zero-order chi connectivity index (χ0) is 17.2. The van der Waals surface area contributed by atoms with Gasteiger partial charge in [0.05, 0.1) is 13.2 Å². The molecule has 1 fully saturated rings. The number of thiazole rings is 1. The van der Waals surface area contributed by atoms with Crippen LogP contribution < -0.4 is 0 Å². The molecule has 0 bridgehead atoms. The SMILES string of the molecule is Cc1csc(-c2cccc(C(=O)N3CCOCC3c3ncon3)c2)n1. The Morgan fingerprint density at radius 1 is 1.40 bits per heavy atom. The van der Waals surface area contributed by atoms with Crippen LogP contribution in [0.15, 0.2) is 40.6 Å². The first kappa shape index (κ1) is 15.9. The number of nitrogens with zero attached hydrogens (tertiary/aromatic N) is 4. The number of aromatic nitrogens is 3. The number of hydrogen-bond acceptors (Lipinski definition) is 7. The van der Waals surface area contributed by atoms with Crippen LogP contribution in [0.1, 0.15) is 27.9 Å². The van der Waals surface area contributed by atoms with E-state index in [1.807, 2.05) is 36.6 Å². The van der Waals surface area contributed by atoms with Crippen LogP contribution in [0, 0.1) is 6.92 Å². The molecule has 0 N–H and O–H groups in total. The van der Waals surface area contributed by atoms with Crippen LogP contribution in [-0.2, 0) is 4.74 Å². The molecule has 1 saturated heterocycles. The summed E-state index contributed by atoms with van der Waals surface area (Å²) in [6, 6.07) is 7.19. The van der Waals surface area contributed by atoms with E-state index < -0.39 is 0 Å². The minimum absolute atomic E-state index is 0.0757. The number of rotatable bonds is 3. The van der Waals surface area contributed by atoms with Gasteiger partial charge in [-0.15, -0.1) is 11.3 Å². The number of amides is 1. The van der Waals surface area contributed by atoms with Gasteiger partial charge in [-0.3, -0.25) is 4.79 Å². The maximum absolute atomic E-state index is 13.1. The zero-order valence-electron chi connectivity index (χ0n) is 13.6. The van der Waals surface area contributed by atoms with Gasteiger partial charge in [0.15, 0.2) is 5.82 Å². The van der Waals surface area contributed by atoms with Crippen LogP contribution in [0.2, 0.25) is 0 Å². The number of morpholine rings is 1. The molecule has 3 heterocycles. The molecule has 7 nitrogen and oxygen atoms in total. The summed E-state index contributed by atoms with van der Waals surface area (Å²) in [5.41, 5.74) is 2.52. The summed E-state index contributed by atoms with van der Waals surface area (Å²) in [5.74, 6) is 0.382. The van der Waals surface area contributed by atoms with Gasteiger partial charge in [0, 0.05) is 28.7 Å². The molecule has 1 aliphatic rings. The fraction of sp³-hybridized carbons (Fsp3) is 0.294. The van der Waals surface area contributed by atoms with Gasteiger partial charge in [0.1, 0.15) is 11.0 Å². The predicted octanol–water partition coefficient (Wildman–Crippen LogP) is 2.72. The highest BCUT2D eigenvalue weighted by molar-refractivity contribution is 7.13. The molecule has 1 amide bonds. The summed E-state index contributed by atoms with van der Waals surface area (Å²) in [5, 5.41) is 6.77. The lowest BCUT2D eigenvalue weighted by Gasteiger charge is -2.33. The van der Waals surface area contributed by atoms with Crippen molar-refractivity contribution in [3.63, 3.8) is 0 Å². The Bertz CT molecular complexity index is 878. The van der Waals surface area contributed by atoms with E-state index in [1.165, 1.54) is 6.39 Å². The van der Waals surface area contributed by atoms with Crippen LogP contribution in [0.4, 0.5) is 0 Å². The summed E-state index contributed by atoms with van der Waals surface area (Å²) < 4.78 is 10.3. The molecule has 0 radical (unpaired) electrons. The molecule has 0 spiro atoms. The van der Waals surface area contributed by atoms with Crippen molar-refractivity contribution < 1.29 is 14.1 Å². The Labute approximate surface area is 148 Å². The second-order valence-electron chi connectivity index (χ2n) is 5.75. The van der Waals surface area contributed by atoms with Crippen LogP contribution in [0.5, 0.6) is 0 Å². The number of ether oxygens (including phenoxy) is 1.